The lowest BCUT2D eigenvalue weighted by molar-refractivity contribution is -0.147. The molecule has 1 atom stereocenters. The van der Waals surface area contributed by atoms with Gasteiger partial charge in [0, 0.05) is 49.4 Å². The Morgan fingerprint density at radius 1 is 1.36 bits per heavy atom. The van der Waals surface area contributed by atoms with Crippen LogP contribution in [-0.4, -0.2) is 27.9 Å². The van der Waals surface area contributed by atoms with Gasteiger partial charge in [-0.3, -0.25) is 9.59 Å². The number of nitrogens with two attached hydrogens (primary N) is 1. The van der Waals surface area contributed by atoms with Crippen molar-refractivity contribution >= 4 is 17.5 Å². The molecule has 0 spiro atoms. The van der Waals surface area contributed by atoms with Crippen LogP contribution in [0.2, 0.25) is 0 Å². The summed E-state index contributed by atoms with van der Waals surface area (Å²) in [6.45, 7) is 2.08. The van der Waals surface area contributed by atoms with Gasteiger partial charge in [0.15, 0.2) is 0 Å². The fourth-order valence-corrected chi connectivity index (χ4v) is 3.50. The van der Waals surface area contributed by atoms with Gasteiger partial charge in [-0.05, 0) is 31.0 Å². The van der Waals surface area contributed by atoms with Gasteiger partial charge >= 0.3 is 6.18 Å². The predicted molar refractivity (Wildman–Crippen MR) is 96.4 cm³/mol. The highest BCUT2D eigenvalue weighted by atomic mass is 19.4. The lowest BCUT2D eigenvalue weighted by Gasteiger charge is -2.30. The van der Waals surface area contributed by atoms with Gasteiger partial charge in [-0.25, -0.2) is 4.98 Å². The summed E-state index contributed by atoms with van der Waals surface area (Å²) < 4.78 is 40.2. The summed E-state index contributed by atoms with van der Waals surface area (Å²) in [6.07, 6.45) is -2.90. The Balaban J connectivity index is 1.83. The molecule has 1 aliphatic heterocycles. The van der Waals surface area contributed by atoms with Crippen molar-refractivity contribution in [2.24, 2.45) is 11.7 Å². The second-order valence-corrected chi connectivity index (χ2v) is 6.96. The number of aromatic nitrogens is 2. The maximum absolute atomic E-state index is 13.2. The van der Waals surface area contributed by atoms with Crippen LogP contribution in [0.4, 0.5) is 18.9 Å². The highest BCUT2D eigenvalue weighted by Gasteiger charge is 2.39. The SMILES string of the molecule is Cc1cccc(N(CCC(N)=O)C(=O)C2CCn3c(cnc3C(F)(F)F)C2)c1. The van der Waals surface area contributed by atoms with Crippen LogP contribution in [0, 0.1) is 12.8 Å². The van der Waals surface area contributed by atoms with E-state index in [0.29, 0.717) is 11.4 Å². The Morgan fingerprint density at radius 2 is 2.11 bits per heavy atom. The van der Waals surface area contributed by atoms with E-state index in [1.54, 1.807) is 12.1 Å². The van der Waals surface area contributed by atoms with Crippen LogP contribution in [0.1, 0.15) is 29.9 Å². The van der Waals surface area contributed by atoms with Gasteiger partial charge in [0.05, 0.1) is 0 Å². The van der Waals surface area contributed by atoms with Gasteiger partial charge in [0.25, 0.3) is 0 Å². The molecular formula is C19H21F3N4O2. The van der Waals surface area contributed by atoms with Gasteiger partial charge in [-0.15, -0.1) is 0 Å². The molecule has 6 nitrogen and oxygen atoms in total. The summed E-state index contributed by atoms with van der Waals surface area (Å²) >= 11 is 0. The molecule has 1 aliphatic rings. The van der Waals surface area contributed by atoms with Crippen LogP contribution < -0.4 is 10.6 Å². The van der Waals surface area contributed by atoms with Crippen LogP contribution in [0.25, 0.3) is 0 Å². The number of halogens is 3. The number of aryl methyl sites for hydroxylation is 1. The average Bonchev–Trinajstić information content (AvgIpc) is 3.05. The zero-order chi connectivity index (χ0) is 20.5. The molecule has 1 aromatic heterocycles. The monoisotopic (exact) mass is 394 g/mol. The number of primary amides is 1. The van der Waals surface area contributed by atoms with E-state index in [-0.39, 0.29) is 38.3 Å². The summed E-state index contributed by atoms with van der Waals surface area (Å²) in [7, 11) is 0. The number of nitrogens with zero attached hydrogens (tertiary/aromatic N) is 3. The number of carbonyl (C=O) groups is 2. The molecule has 2 aromatic rings. The van der Waals surface area contributed by atoms with Gasteiger partial charge < -0.3 is 15.2 Å². The van der Waals surface area contributed by atoms with Crippen LogP contribution in [0.5, 0.6) is 0 Å². The van der Waals surface area contributed by atoms with Crippen LogP contribution >= 0.6 is 0 Å². The molecule has 0 aliphatic carbocycles. The molecule has 9 heteroatoms. The van der Waals surface area contributed by atoms with Crippen molar-refractivity contribution in [1.82, 2.24) is 9.55 Å². The Labute approximate surface area is 160 Å². The van der Waals surface area contributed by atoms with Crippen LogP contribution in [0.15, 0.2) is 30.5 Å². The zero-order valence-electron chi connectivity index (χ0n) is 15.4. The largest absolute Gasteiger partial charge is 0.449 e. The number of carbonyl (C=O) groups excluding carboxylic acids is 2. The summed E-state index contributed by atoms with van der Waals surface area (Å²) in [5.74, 6) is -2.17. The number of benzene rings is 1. The maximum Gasteiger partial charge on any atom is 0.449 e. The molecule has 0 radical (unpaired) electrons. The summed E-state index contributed by atoms with van der Waals surface area (Å²) in [4.78, 5) is 29.4. The van der Waals surface area contributed by atoms with Crippen molar-refractivity contribution in [2.75, 3.05) is 11.4 Å². The van der Waals surface area contributed by atoms with Crippen molar-refractivity contribution < 1.29 is 22.8 Å². The van der Waals surface area contributed by atoms with E-state index >= 15 is 0 Å². The third-order valence-corrected chi connectivity index (χ3v) is 4.86. The number of rotatable bonds is 5. The number of hydrogen-bond donors (Lipinski definition) is 1. The molecule has 1 aromatic carbocycles. The molecule has 0 bridgehead atoms. The van der Waals surface area contributed by atoms with E-state index in [1.165, 1.54) is 11.1 Å². The summed E-state index contributed by atoms with van der Waals surface area (Å²) in [6, 6.07) is 7.29. The van der Waals surface area contributed by atoms with E-state index in [0.717, 1.165) is 10.1 Å². The zero-order valence-corrected chi connectivity index (χ0v) is 15.4. The van der Waals surface area contributed by atoms with E-state index in [1.807, 2.05) is 19.1 Å². The first-order valence-corrected chi connectivity index (χ1v) is 8.94. The van der Waals surface area contributed by atoms with Gasteiger partial charge in [-0.2, -0.15) is 13.2 Å². The number of fused-ring (bicyclic) bond motifs is 1. The lowest BCUT2D eigenvalue weighted by Crippen LogP contribution is -2.41. The van der Waals surface area contributed by atoms with E-state index in [2.05, 4.69) is 4.98 Å². The Hall–Kier alpha value is -2.84. The smallest absolute Gasteiger partial charge is 0.370 e. The maximum atomic E-state index is 13.2. The third kappa shape index (κ3) is 4.18. The number of imidazole rings is 1. The highest BCUT2D eigenvalue weighted by molar-refractivity contribution is 5.96. The number of alkyl halides is 3. The van der Waals surface area contributed by atoms with Crippen molar-refractivity contribution in [3.05, 3.63) is 47.5 Å². The Morgan fingerprint density at radius 3 is 2.75 bits per heavy atom. The molecule has 0 saturated carbocycles. The van der Waals surface area contributed by atoms with Crippen molar-refractivity contribution in [1.29, 1.82) is 0 Å². The number of amides is 2. The van der Waals surface area contributed by atoms with Crippen LogP contribution in [-0.2, 0) is 28.7 Å². The third-order valence-electron chi connectivity index (χ3n) is 4.86. The minimum atomic E-state index is -4.52. The first-order valence-electron chi connectivity index (χ1n) is 8.94. The molecule has 2 N–H and O–H groups in total. The molecule has 3 rings (SSSR count). The van der Waals surface area contributed by atoms with E-state index < -0.39 is 23.8 Å². The predicted octanol–water partition coefficient (Wildman–Crippen LogP) is 2.68. The normalized spacial score (nSPS) is 16.5. The topological polar surface area (TPSA) is 81.2 Å². The first kappa shape index (κ1) is 19.9. The molecule has 2 heterocycles. The second kappa shape index (κ2) is 7.65. The number of anilines is 1. The first-order chi connectivity index (χ1) is 13.2. The second-order valence-electron chi connectivity index (χ2n) is 6.96. The molecule has 150 valence electrons. The number of hydrogen-bond acceptors (Lipinski definition) is 3. The van der Waals surface area contributed by atoms with E-state index in [4.69, 9.17) is 5.73 Å². The fraction of sp³-hybridized carbons (Fsp3) is 0.421. The molecule has 28 heavy (non-hydrogen) atoms. The van der Waals surface area contributed by atoms with Crippen LogP contribution in [0.3, 0.4) is 0 Å². The van der Waals surface area contributed by atoms with Gasteiger partial charge in [0.2, 0.25) is 17.6 Å². The minimum absolute atomic E-state index is 0.00254. The van der Waals surface area contributed by atoms with Crippen molar-refractivity contribution in [2.45, 2.75) is 38.9 Å². The molecule has 1 unspecified atom stereocenters. The molecular weight excluding hydrogens is 373 g/mol. The highest BCUT2D eigenvalue weighted by Crippen LogP contribution is 2.33. The van der Waals surface area contributed by atoms with Crippen molar-refractivity contribution in [3.8, 4) is 0 Å². The van der Waals surface area contributed by atoms with Crippen molar-refractivity contribution in [3.63, 3.8) is 0 Å². The quantitative estimate of drug-likeness (QED) is 0.847. The lowest BCUT2D eigenvalue weighted by atomic mass is 9.94. The van der Waals surface area contributed by atoms with Gasteiger partial charge in [0.1, 0.15) is 0 Å². The average molecular weight is 394 g/mol. The Bertz CT molecular complexity index is 892. The molecule has 2 amide bonds. The fourth-order valence-electron chi connectivity index (χ4n) is 3.50. The standard InChI is InChI=1S/C19H21F3N4O2/c1-12-3-2-4-14(9-12)25(8-6-16(23)27)17(28)13-5-7-26-15(10-13)11-24-18(26)19(20,21)22/h2-4,9,11,13H,5-8,10H2,1H3,(H2,23,27). The van der Waals surface area contributed by atoms with E-state index in [9.17, 15) is 22.8 Å². The summed E-state index contributed by atoms with van der Waals surface area (Å²) in [5.41, 5.74) is 7.21. The summed E-state index contributed by atoms with van der Waals surface area (Å²) in [5, 5.41) is 0. The molecule has 0 fully saturated rings. The minimum Gasteiger partial charge on any atom is -0.370 e. The Kier molecular flexibility index (Phi) is 5.44. The molecule has 0 saturated heterocycles. The van der Waals surface area contributed by atoms with Gasteiger partial charge in [-0.1, -0.05) is 12.1 Å².